The Balaban J connectivity index is 1.68. The van der Waals surface area contributed by atoms with Crippen molar-refractivity contribution in [3.8, 4) is 0 Å². The average molecular weight is 474 g/mol. The van der Waals surface area contributed by atoms with E-state index < -0.39 is 5.69 Å². The first-order chi connectivity index (χ1) is 16.8. The van der Waals surface area contributed by atoms with E-state index in [1.807, 2.05) is 54.8 Å². The molecular formula is C26H31N7O2. The molecule has 9 nitrogen and oxygen atoms in total. The lowest BCUT2D eigenvalue weighted by Crippen LogP contribution is -2.44. The first kappa shape index (κ1) is 23.0. The van der Waals surface area contributed by atoms with Gasteiger partial charge >= 0.3 is 5.69 Å². The van der Waals surface area contributed by atoms with Gasteiger partial charge in [0.25, 0.3) is 5.56 Å². The summed E-state index contributed by atoms with van der Waals surface area (Å²) in [6, 6.07) is 11.7. The monoisotopic (exact) mass is 473 g/mol. The van der Waals surface area contributed by atoms with E-state index in [2.05, 4.69) is 16.0 Å². The van der Waals surface area contributed by atoms with Crippen molar-refractivity contribution in [1.82, 2.24) is 23.7 Å². The van der Waals surface area contributed by atoms with Crippen LogP contribution in [0, 0.1) is 0 Å². The molecule has 0 radical (unpaired) electrons. The molecule has 0 spiro atoms. The Morgan fingerprint density at radius 2 is 1.91 bits per heavy atom. The van der Waals surface area contributed by atoms with Crippen molar-refractivity contribution in [2.45, 2.75) is 45.8 Å². The highest BCUT2D eigenvalue weighted by Crippen LogP contribution is 2.23. The number of anilines is 1. The number of hydrogen-bond donors (Lipinski definition) is 1. The van der Waals surface area contributed by atoms with Gasteiger partial charge < -0.3 is 15.2 Å². The zero-order valence-electron chi connectivity index (χ0n) is 20.4. The molecule has 9 heteroatoms. The number of imidazole rings is 1. The lowest BCUT2D eigenvalue weighted by atomic mass is 10.1. The van der Waals surface area contributed by atoms with Crippen molar-refractivity contribution in [3.05, 3.63) is 74.6 Å². The summed E-state index contributed by atoms with van der Waals surface area (Å²) < 4.78 is 4.64. The van der Waals surface area contributed by atoms with Crippen molar-refractivity contribution in [2.75, 3.05) is 18.0 Å². The number of benzene rings is 1. The maximum absolute atomic E-state index is 13.8. The lowest BCUT2D eigenvalue weighted by molar-refractivity contribution is 0.495. The number of rotatable bonds is 5. The molecule has 1 unspecified atom stereocenters. The quantitative estimate of drug-likeness (QED) is 0.447. The van der Waals surface area contributed by atoms with Gasteiger partial charge in [-0.1, -0.05) is 35.9 Å². The fourth-order valence-electron chi connectivity index (χ4n) is 4.74. The van der Waals surface area contributed by atoms with Crippen LogP contribution in [0.1, 0.15) is 32.4 Å². The van der Waals surface area contributed by atoms with Gasteiger partial charge in [-0.05, 0) is 38.8 Å². The van der Waals surface area contributed by atoms with Gasteiger partial charge in [0.05, 0.1) is 17.8 Å². The number of allylic oxidation sites excluding steroid dienone is 2. The van der Waals surface area contributed by atoms with Crippen LogP contribution in [0.15, 0.2) is 57.6 Å². The van der Waals surface area contributed by atoms with E-state index >= 15 is 0 Å². The SMILES string of the molecule is CC(C)=CCn1c(N2CCCC(N)C2)nc2c1c(=O)n(Cc1ccc3ccccc3n1)c(=O)n2C. The van der Waals surface area contributed by atoms with Gasteiger partial charge in [0.2, 0.25) is 5.95 Å². The van der Waals surface area contributed by atoms with Crippen LogP contribution in [-0.4, -0.2) is 42.8 Å². The molecule has 0 bridgehead atoms. The first-order valence-corrected chi connectivity index (χ1v) is 12.0. The lowest BCUT2D eigenvalue weighted by Gasteiger charge is -2.31. The Hall–Kier alpha value is -3.72. The topological polar surface area (TPSA) is 104 Å². The predicted molar refractivity (Wildman–Crippen MR) is 139 cm³/mol. The van der Waals surface area contributed by atoms with Crippen molar-refractivity contribution < 1.29 is 0 Å². The minimum atomic E-state index is -0.411. The molecule has 5 rings (SSSR count). The number of aromatic nitrogens is 5. The van der Waals surface area contributed by atoms with Crippen LogP contribution >= 0.6 is 0 Å². The summed E-state index contributed by atoms with van der Waals surface area (Å²) in [4.78, 5) is 38.7. The molecule has 4 heterocycles. The Kier molecular flexibility index (Phi) is 6.02. The van der Waals surface area contributed by atoms with Crippen LogP contribution in [0.3, 0.4) is 0 Å². The molecule has 1 aliphatic heterocycles. The third-order valence-corrected chi connectivity index (χ3v) is 6.61. The van der Waals surface area contributed by atoms with Gasteiger partial charge in [0.15, 0.2) is 11.2 Å². The van der Waals surface area contributed by atoms with Crippen LogP contribution in [0.2, 0.25) is 0 Å². The van der Waals surface area contributed by atoms with Crippen molar-refractivity contribution >= 4 is 28.0 Å². The highest BCUT2D eigenvalue weighted by Gasteiger charge is 2.26. The molecular weight excluding hydrogens is 442 g/mol. The Bertz CT molecular complexity index is 1560. The van der Waals surface area contributed by atoms with Crippen LogP contribution in [0.5, 0.6) is 0 Å². The zero-order chi connectivity index (χ0) is 24.7. The van der Waals surface area contributed by atoms with Crippen molar-refractivity contribution in [3.63, 3.8) is 0 Å². The summed E-state index contributed by atoms with van der Waals surface area (Å²) in [6.45, 7) is 6.10. The summed E-state index contributed by atoms with van der Waals surface area (Å²) in [7, 11) is 1.67. The van der Waals surface area contributed by atoms with Crippen molar-refractivity contribution in [1.29, 1.82) is 0 Å². The number of fused-ring (bicyclic) bond motifs is 2. The Morgan fingerprint density at radius 1 is 1.11 bits per heavy atom. The number of hydrogen-bond acceptors (Lipinski definition) is 6. The number of aryl methyl sites for hydroxylation is 1. The van der Waals surface area contributed by atoms with Crippen LogP contribution in [-0.2, 0) is 20.1 Å². The van der Waals surface area contributed by atoms with E-state index in [1.165, 1.54) is 9.13 Å². The Labute approximate surface area is 203 Å². The van der Waals surface area contributed by atoms with Gasteiger partial charge in [-0.3, -0.25) is 18.9 Å². The smallest absolute Gasteiger partial charge is 0.332 e. The number of nitrogens with two attached hydrogens (primary N) is 1. The molecule has 0 aliphatic carbocycles. The summed E-state index contributed by atoms with van der Waals surface area (Å²) in [5.41, 5.74) is 8.89. The molecule has 1 atom stereocenters. The van der Waals surface area contributed by atoms with Crippen LogP contribution in [0.4, 0.5) is 5.95 Å². The maximum atomic E-state index is 13.8. The molecule has 2 N–H and O–H groups in total. The zero-order valence-corrected chi connectivity index (χ0v) is 20.4. The third-order valence-electron chi connectivity index (χ3n) is 6.61. The van der Waals surface area contributed by atoms with E-state index in [9.17, 15) is 9.59 Å². The van der Waals surface area contributed by atoms with Gasteiger partial charge in [-0.25, -0.2) is 4.79 Å². The third kappa shape index (κ3) is 4.27. The fraction of sp³-hybridized carbons (Fsp3) is 0.385. The predicted octanol–water partition coefficient (Wildman–Crippen LogP) is 2.39. The van der Waals surface area contributed by atoms with Gasteiger partial charge in [0, 0.05) is 38.1 Å². The van der Waals surface area contributed by atoms with E-state index in [0.717, 1.165) is 35.9 Å². The summed E-state index contributed by atoms with van der Waals surface area (Å²) >= 11 is 0. The summed E-state index contributed by atoms with van der Waals surface area (Å²) in [5, 5.41) is 1.01. The van der Waals surface area contributed by atoms with E-state index in [-0.39, 0.29) is 18.1 Å². The molecule has 35 heavy (non-hydrogen) atoms. The van der Waals surface area contributed by atoms with E-state index in [0.29, 0.717) is 35.9 Å². The maximum Gasteiger partial charge on any atom is 0.332 e. The molecule has 0 saturated carbocycles. The molecule has 1 fully saturated rings. The highest BCUT2D eigenvalue weighted by atomic mass is 16.2. The second-order valence-corrected chi connectivity index (χ2v) is 9.55. The molecule has 182 valence electrons. The highest BCUT2D eigenvalue weighted by molar-refractivity contribution is 5.78. The van der Waals surface area contributed by atoms with E-state index in [4.69, 9.17) is 10.7 Å². The number of piperidine rings is 1. The van der Waals surface area contributed by atoms with Gasteiger partial charge in [-0.2, -0.15) is 4.98 Å². The second kappa shape index (κ2) is 9.14. The standard InChI is InChI=1S/C26H31N7O2/c1-17(2)12-14-32-22-23(29-25(32)31-13-6-8-19(27)15-31)30(3)26(35)33(24(22)34)16-20-11-10-18-7-4-5-9-21(18)28-20/h4-5,7,9-12,19H,6,8,13-16,27H2,1-3H3. The number of pyridine rings is 1. The Morgan fingerprint density at radius 3 is 2.69 bits per heavy atom. The fourth-order valence-corrected chi connectivity index (χ4v) is 4.74. The molecule has 1 aliphatic rings. The second-order valence-electron chi connectivity index (χ2n) is 9.55. The minimum Gasteiger partial charge on any atom is -0.341 e. The van der Waals surface area contributed by atoms with Crippen LogP contribution < -0.4 is 21.9 Å². The summed E-state index contributed by atoms with van der Waals surface area (Å²) in [5.74, 6) is 0.682. The first-order valence-electron chi connectivity index (χ1n) is 12.0. The molecule has 1 aromatic carbocycles. The normalized spacial score (nSPS) is 16.2. The summed E-state index contributed by atoms with van der Waals surface area (Å²) in [6.07, 6.45) is 3.99. The van der Waals surface area contributed by atoms with Crippen LogP contribution in [0.25, 0.3) is 22.1 Å². The molecule has 4 aromatic rings. The minimum absolute atomic E-state index is 0.0555. The average Bonchev–Trinajstić information content (AvgIpc) is 3.24. The largest absolute Gasteiger partial charge is 0.341 e. The van der Waals surface area contributed by atoms with Gasteiger partial charge in [0.1, 0.15) is 0 Å². The number of para-hydroxylation sites is 1. The molecule has 3 aromatic heterocycles. The number of nitrogens with zero attached hydrogens (tertiary/aromatic N) is 6. The molecule has 0 amide bonds. The van der Waals surface area contributed by atoms with E-state index in [1.54, 1.807) is 7.05 Å². The van der Waals surface area contributed by atoms with Gasteiger partial charge in [-0.15, -0.1) is 0 Å². The molecule has 1 saturated heterocycles. The van der Waals surface area contributed by atoms with Crippen molar-refractivity contribution in [2.24, 2.45) is 12.8 Å².